The summed E-state index contributed by atoms with van der Waals surface area (Å²) in [5, 5.41) is 29.7. The topological polar surface area (TPSA) is 135 Å². The first kappa shape index (κ1) is 17.8. The number of anilines is 1. The van der Waals surface area contributed by atoms with Crippen LogP contribution in [0.3, 0.4) is 0 Å². The highest BCUT2D eigenvalue weighted by molar-refractivity contribution is 5.84. The molecule has 142 valence electrons. The predicted octanol–water partition coefficient (Wildman–Crippen LogP) is 0.0781. The Balaban J connectivity index is 1.84. The number of ether oxygens (including phenoxy) is 1. The quantitative estimate of drug-likeness (QED) is 0.458. The van der Waals surface area contributed by atoms with E-state index in [1.165, 1.54) is 18.0 Å². The summed E-state index contributed by atoms with van der Waals surface area (Å²) >= 11 is 0. The van der Waals surface area contributed by atoms with E-state index in [2.05, 4.69) is 20.4 Å². The zero-order valence-corrected chi connectivity index (χ0v) is 14.4. The Hall–Kier alpha value is -2.63. The molecule has 4 N–H and O–H groups in total. The van der Waals surface area contributed by atoms with E-state index in [0.717, 1.165) is 5.56 Å². The second-order valence-electron chi connectivity index (χ2n) is 6.12. The molecule has 3 heterocycles. The maximum absolute atomic E-state index is 10.3. The maximum atomic E-state index is 10.3. The molecular formula is C17H19N5O5. The Morgan fingerprint density at radius 1 is 1.19 bits per heavy atom. The first-order chi connectivity index (χ1) is 13.1. The maximum Gasteiger partial charge on any atom is 0.182 e. The number of imidazole rings is 1. The fourth-order valence-corrected chi connectivity index (χ4v) is 3.10. The summed E-state index contributed by atoms with van der Waals surface area (Å²) in [6.45, 7) is -0.415. The van der Waals surface area contributed by atoms with E-state index in [0.29, 0.717) is 22.8 Å². The van der Waals surface area contributed by atoms with Crippen LogP contribution in [0.1, 0.15) is 6.23 Å². The van der Waals surface area contributed by atoms with Crippen LogP contribution in [0.25, 0.3) is 22.6 Å². The third kappa shape index (κ3) is 3.03. The fraction of sp³-hybridized carbons (Fsp3) is 0.353. The molecule has 0 aliphatic carbocycles. The Morgan fingerprint density at radius 2 is 1.96 bits per heavy atom. The lowest BCUT2D eigenvalue weighted by Crippen LogP contribution is -2.33. The summed E-state index contributed by atoms with van der Waals surface area (Å²) in [6.07, 6.45) is -2.86. The second-order valence-corrected chi connectivity index (χ2v) is 6.12. The molecule has 4 atom stereocenters. The van der Waals surface area contributed by atoms with Crippen molar-refractivity contribution in [3.63, 3.8) is 0 Å². The van der Waals surface area contributed by atoms with Gasteiger partial charge in [-0.3, -0.25) is 9.40 Å². The van der Waals surface area contributed by atoms with Gasteiger partial charge in [-0.05, 0) is 0 Å². The highest BCUT2D eigenvalue weighted by Gasteiger charge is 2.44. The van der Waals surface area contributed by atoms with Crippen molar-refractivity contribution in [2.45, 2.75) is 24.5 Å². The third-order valence-electron chi connectivity index (χ3n) is 4.44. The average molecular weight is 373 g/mol. The highest BCUT2D eigenvalue weighted by Crippen LogP contribution is 2.33. The number of nitrogens with one attached hydrogen (secondary N) is 1. The van der Waals surface area contributed by atoms with Gasteiger partial charge in [0.1, 0.15) is 18.3 Å². The first-order valence-electron chi connectivity index (χ1n) is 8.35. The highest BCUT2D eigenvalue weighted by atomic mass is 16.6. The SMILES string of the molecule is CONc1nc(-c2ccccc2)nc2c1ncn2[C@@H]1O[C@H](CO)C(O)C1O. The largest absolute Gasteiger partial charge is 0.394 e. The van der Waals surface area contributed by atoms with Gasteiger partial charge in [0.2, 0.25) is 0 Å². The molecule has 2 aromatic heterocycles. The average Bonchev–Trinajstić information content (AvgIpc) is 3.24. The molecule has 1 saturated heterocycles. The van der Waals surface area contributed by atoms with E-state index in [1.807, 2.05) is 30.3 Å². The van der Waals surface area contributed by atoms with Crippen molar-refractivity contribution < 1.29 is 24.9 Å². The van der Waals surface area contributed by atoms with Crippen molar-refractivity contribution in [2.75, 3.05) is 19.2 Å². The van der Waals surface area contributed by atoms with Crippen LogP contribution >= 0.6 is 0 Å². The van der Waals surface area contributed by atoms with E-state index in [-0.39, 0.29) is 0 Å². The minimum Gasteiger partial charge on any atom is -0.394 e. The Kier molecular flexibility index (Phi) is 4.72. The summed E-state index contributed by atoms with van der Waals surface area (Å²) in [5.41, 5.74) is 4.27. The molecular weight excluding hydrogens is 354 g/mol. The van der Waals surface area contributed by atoms with E-state index < -0.39 is 31.1 Å². The van der Waals surface area contributed by atoms with E-state index in [1.54, 1.807) is 0 Å². The summed E-state index contributed by atoms with van der Waals surface area (Å²) in [6, 6.07) is 9.36. The van der Waals surface area contributed by atoms with Crippen molar-refractivity contribution in [3.05, 3.63) is 36.7 Å². The lowest BCUT2D eigenvalue weighted by Gasteiger charge is -2.17. The number of aliphatic hydroxyl groups excluding tert-OH is 3. The molecule has 0 spiro atoms. The van der Waals surface area contributed by atoms with Crippen LogP contribution in [0, 0.1) is 0 Å². The molecule has 0 radical (unpaired) electrons. The van der Waals surface area contributed by atoms with Gasteiger partial charge < -0.3 is 20.1 Å². The van der Waals surface area contributed by atoms with Gasteiger partial charge in [-0.15, -0.1) is 0 Å². The molecule has 2 unspecified atom stereocenters. The van der Waals surface area contributed by atoms with E-state index >= 15 is 0 Å². The molecule has 0 amide bonds. The Labute approximate surface area is 154 Å². The van der Waals surface area contributed by atoms with Crippen LogP contribution in [0.4, 0.5) is 5.82 Å². The smallest absolute Gasteiger partial charge is 0.182 e. The third-order valence-corrected chi connectivity index (χ3v) is 4.44. The van der Waals surface area contributed by atoms with Crippen LogP contribution in [-0.2, 0) is 9.57 Å². The summed E-state index contributed by atoms with van der Waals surface area (Å²) in [7, 11) is 1.46. The Bertz CT molecular complexity index is 934. The fourth-order valence-electron chi connectivity index (χ4n) is 3.10. The van der Waals surface area contributed by atoms with Gasteiger partial charge in [0, 0.05) is 5.56 Å². The number of nitrogens with zero attached hydrogens (tertiary/aromatic N) is 4. The number of aromatic nitrogens is 4. The van der Waals surface area contributed by atoms with Gasteiger partial charge in [0.05, 0.1) is 20.0 Å². The molecule has 0 bridgehead atoms. The minimum atomic E-state index is -1.24. The Morgan fingerprint density at radius 3 is 2.63 bits per heavy atom. The summed E-state index contributed by atoms with van der Waals surface area (Å²) < 4.78 is 7.10. The first-order valence-corrected chi connectivity index (χ1v) is 8.35. The summed E-state index contributed by atoms with van der Waals surface area (Å²) in [4.78, 5) is 18.3. The van der Waals surface area contributed by atoms with Crippen molar-refractivity contribution in [2.24, 2.45) is 0 Å². The van der Waals surface area contributed by atoms with Crippen LogP contribution in [0.5, 0.6) is 0 Å². The molecule has 1 aliphatic rings. The standard InChI is InChI=1S/C17H19N5O5/c1-26-21-15-11-16(20-14(19-15)9-5-3-2-4-6-9)22(8-18-11)17-13(25)12(24)10(7-23)27-17/h2-6,8,10,12-13,17,23-25H,7H2,1H3,(H,19,20,21)/t10-,12?,13?,17-/m1/s1. The van der Waals surface area contributed by atoms with Crippen molar-refractivity contribution in [1.82, 2.24) is 19.5 Å². The lowest BCUT2D eigenvalue weighted by atomic mass is 10.1. The number of rotatable bonds is 5. The predicted molar refractivity (Wildman–Crippen MR) is 94.4 cm³/mol. The number of fused-ring (bicyclic) bond motifs is 1. The zero-order chi connectivity index (χ0) is 19.0. The summed E-state index contributed by atoms with van der Waals surface area (Å²) in [5.74, 6) is 0.781. The molecule has 1 aromatic carbocycles. The van der Waals surface area contributed by atoms with Gasteiger partial charge in [-0.25, -0.2) is 20.4 Å². The molecule has 10 nitrogen and oxygen atoms in total. The number of aliphatic hydroxyl groups is 3. The van der Waals surface area contributed by atoms with Crippen molar-refractivity contribution in [1.29, 1.82) is 0 Å². The minimum absolute atomic E-state index is 0.354. The number of hydrogen-bond donors (Lipinski definition) is 4. The molecule has 1 aliphatic heterocycles. The molecule has 3 aromatic rings. The van der Waals surface area contributed by atoms with E-state index in [4.69, 9.17) is 9.57 Å². The van der Waals surface area contributed by atoms with Gasteiger partial charge in [0.15, 0.2) is 29.0 Å². The van der Waals surface area contributed by atoms with E-state index in [9.17, 15) is 15.3 Å². The molecule has 4 rings (SSSR count). The molecule has 10 heteroatoms. The van der Waals surface area contributed by atoms with Crippen molar-refractivity contribution in [3.8, 4) is 11.4 Å². The molecule has 0 saturated carbocycles. The van der Waals surface area contributed by atoms with Gasteiger partial charge in [-0.2, -0.15) is 0 Å². The van der Waals surface area contributed by atoms with Crippen LogP contribution in [0.15, 0.2) is 36.7 Å². The van der Waals surface area contributed by atoms with Gasteiger partial charge in [0.25, 0.3) is 0 Å². The van der Waals surface area contributed by atoms with Crippen molar-refractivity contribution >= 4 is 17.0 Å². The van der Waals surface area contributed by atoms with Gasteiger partial charge in [-0.1, -0.05) is 30.3 Å². The monoisotopic (exact) mass is 373 g/mol. The zero-order valence-electron chi connectivity index (χ0n) is 14.4. The molecule has 1 fully saturated rings. The van der Waals surface area contributed by atoms with Gasteiger partial charge >= 0.3 is 0 Å². The lowest BCUT2D eigenvalue weighted by molar-refractivity contribution is -0.0511. The number of benzene rings is 1. The van der Waals surface area contributed by atoms with Crippen LogP contribution in [0.2, 0.25) is 0 Å². The number of hydrogen-bond acceptors (Lipinski definition) is 9. The van der Waals surface area contributed by atoms with Crippen LogP contribution < -0.4 is 5.48 Å². The van der Waals surface area contributed by atoms with Crippen LogP contribution in [-0.4, -0.2) is 66.9 Å². The molecule has 27 heavy (non-hydrogen) atoms. The normalized spacial score (nSPS) is 25.2. The second kappa shape index (κ2) is 7.18.